The fraction of sp³-hybridized carbons (Fsp3) is 0.211. The van der Waals surface area contributed by atoms with Crippen LogP contribution in [0.4, 0.5) is 15.8 Å². The summed E-state index contributed by atoms with van der Waals surface area (Å²) in [5.74, 6) is -1.48. The summed E-state index contributed by atoms with van der Waals surface area (Å²) >= 11 is 0. The molecule has 0 radical (unpaired) electrons. The zero-order valence-corrected chi connectivity index (χ0v) is 15.2. The summed E-state index contributed by atoms with van der Waals surface area (Å²) in [7, 11) is 0. The molecule has 0 aliphatic carbocycles. The largest absolute Gasteiger partial charge is 0.318 e. The minimum atomic E-state index is -0.821. The molecule has 1 N–H and O–H groups in total. The molecule has 3 rings (SSSR count). The Kier molecular flexibility index (Phi) is 5.16. The molecule has 0 unspecified atom stereocenters. The van der Waals surface area contributed by atoms with Gasteiger partial charge in [-0.2, -0.15) is 5.10 Å². The fourth-order valence-corrected chi connectivity index (χ4v) is 2.78. The maximum Gasteiger partial charge on any atom is 0.276 e. The van der Waals surface area contributed by atoms with Crippen molar-refractivity contribution < 1.29 is 14.1 Å². The summed E-state index contributed by atoms with van der Waals surface area (Å²) in [4.78, 5) is 35.6. The molecule has 0 aliphatic rings. The summed E-state index contributed by atoms with van der Waals surface area (Å²) in [6.07, 6.45) is 0. The number of hydrogen-bond donors (Lipinski definition) is 1. The van der Waals surface area contributed by atoms with E-state index in [1.807, 2.05) is 13.8 Å². The number of hydrogen-bond acceptors (Lipinski definition) is 5. The van der Waals surface area contributed by atoms with Gasteiger partial charge in [0.15, 0.2) is 5.69 Å². The van der Waals surface area contributed by atoms with Gasteiger partial charge in [-0.15, -0.1) is 0 Å². The van der Waals surface area contributed by atoms with Gasteiger partial charge in [-0.3, -0.25) is 19.7 Å². The second kappa shape index (κ2) is 7.55. The lowest BCUT2D eigenvalue weighted by Crippen LogP contribution is -2.29. The average molecular weight is 384 g/mol. The minimum Gasteiger partial charge on any atom is -0.318 e. The molecule has 0 saturated carbocycles. The van der Waals surface area contributed by atoms with Gasteiger partial charge in [-0.05, 0) is 18.1 Å². The van der Waals surface area contributed by atoms with E-state index in [1.54, 1.807) is 24.3 Å². The smallest absolute Gasteiger partial charge is 0.276 e. The van der Waals surface area contributed by atoms with E-state index in [9.17, 15) is 24.1 Å². The number of fused-ring (bicyclic) bond motifs is 1. The van der Waals surface area contributed by atoms with Crippen LogP contribution in [0.3, 0.4) is 0 Å². The highest BCUT2D eigenvalue weighted by Gasteiger charge is 2.19. The highest BCUT2D eigenvalue weighted by Crippen LogP contribution is 2.22. The molecule has 1 heterocycles. The number of carbonyl (C=O) groups excluding carboxylic acids is 1. The summed E-state index contributed by atoms with van der Waals surface area (Å²) in [6, 6.07) is 9.31. The van der Waals surface area contributed by atoms with E-state index in [0.717, 1.165) is 18.2 Å². The van der Waals surface area contributed by atoms with Crippen molar-refractivity contribution in [2.75, 3.05) is 5.32 Å². The van der Waals surface area contributed by atoms with Crippen molar-refractivity contribution in [3.8, 4) is 0 Å². The lowest BCUT2D eigenvalue weighted by atomic mass is 10.1. The summed E-state index contributed by atoms with van der Waals surface area (Å²) in [6.45, 7) is 4.11. The molecule has 3 aromatic rings. The van der Waals surface area contributed by atoms with Crippen LogP contribution in [0.1, 0.15) is 24.3 Å². The molecule has 1 aromatic heterocycles. The first-order chi connectivity index (χ1) is 13.3. The van der Waals surface area contributed by atoms with Gasteiger partial charge in [0, 0.05) is 24.1 Å². The Morgan fingerprint density at radius 1 is 1.25 bits per heavy atom. The minimum absolute atomic E-state index is 0.0678. The van der Waals surface area contributed by atoms with Gasteiger partial charge < -0.3 is 5.32 Å². The third kappa shape index (κ3) is 3.73. The maximum atomic E-state index is 14.0. The molecular weight excluding hydrogens is 367 g/mol. The number of non-ortho nitro benzene ring substituents is 1. The molecule has 1 amide bonds. The zero-order chi connectivity index (χ0) is 20.4. The van der Waals surface area contributed by atoms with Crippen molar-refractivity contribution in [2.24, 2.45) is 5.92 Å². The van der Waals surface area contributed by atoms with Crippen molar-refractivity contribution in [1.29, 1.82) is 0 Å². The molecule has 0 bridgehead atoms. The molecule has 28 heavy (non-hydrogen) atoms. The molecule has 0 spiro atoms. The molecule has 0 fully saturated rings. The topological polar surface area (TPSA) is 107 Å². The Morgan fingerprint density at radius 2 is 1.93 bits per heavy atom. The van der Waals surface area contributed by atoms with Crippen molar-refractivity contribution in [3.63, 3.8) is 0 Å². The first-order valence-corrected chi connectivity index (χ1v) is 8.53. The number of aromatic nitrogens is 2. The Hall–Kier alpha value is -3.62. The number of nitro groups is 1. The lowest BCUT2D eigenvalue weighted by Gasteiger charge is -2.13. The van der Waals surface area contributed by atoms with E-state index in [-0.39, 0.29) is 28.5 Å². The van der Waals surface area contributed by atoms with Crippen LogP contribution >= 0.6 is 0 Å². The van der Waals surface area contributed by atoms with Crippen LogP contribution in [0.2, 0.25) is 0 Å². The van der Waals surface area contributed by atoms with E-state index >= 15 is 0 Å². The number of nitro benzene ring substituents is 1. The number of nitrogens with one attached hydrogen (secondary N) is 1. The summed E-state index contributed by atoms with van der Waals surface area (Å²) in [5.41, 5.74) is -1.10. The van der Waals surface area contributed by atoms with Gasteiger partial charge in [0.05, 0.1) is 16.0 Å². The van der Waals surface area contributed by atoms with Crippen LogP contribution in [-0.4, -0.2) is 20.6 Å². The van der Waals surface area contributed by atoms with Crippen molar-refractivity contribution in [1.82, 2.24) is 9.78 Å². The number of benzene rings is 2. The van der Waals surface area contributed by atoms with Gasteiger partial charge in [-0.25, -0.2) is 9.07 Å². The molecule has 0 atom stereocenters. The number of carbonyl (C=O) groups is 1. The maximum absolute atomic E-state index is 14.0. The number of nitrogens with zero attached hydrogens (tertiary/aromatic N) is 3. The summed E-state index contributed by atoms with van der Waals surface area (Å²) < 4.78 is 15.2. The van der Waals surface area contributed by atoms with Gasteiger partial charge >= 0.3 is 0 Å². The van der Waals surface area contributed by atoms with E-state index in [2.05, 4.69) is 10.4 Å². The van der Waals surface area contributed by atoms with E-state index in [4.69, 9.17) is 0 Å². The molecule has 9 heteroatoms. The number of amides is 1. The molecular formula is C19H17FN4O4. The molecule has 2 aromatic carbocycles. The lowest BCUT2D eigenvalue weighted by molar-refractivity contribution is -0.384. The number of rotatable bonds is 5. The van der Waals surface area contributed by atoms with Gasteiger partial charge in [0.1, 0.15) is 5.82 Å². The Labute approximate surface area is 158 Å². The first kappa shape index (κ1) is 19.2. The predicted molar refractivity (Wildman–Crippen MR) is 102 cm³/mol. The van der Waals surface area contributed by atoms with Gasteiger partial charge in [0.2, 0.25) is 0 Å². The molecule has 8 nitrogen and oxygen atoms in total. The monoisotopic (exact) mass is 384 g/mol. The van der Waals surface area contributed by atoms with Crippen LogP contribution in [0.15, 0.2) is 47.3 Å². The molecule has 0 saturated heterocycles. The van der Waals surface area contributed by atoms with E-state index in [1.165, 1.54) is 4.68 Å². The number of halogens is 1. The highest BCUT2D eigenvalue weighted by atomic mass is 19.1. The second-order valence-corrected chi connectivity index (χ2v) is 6.65. The normalized spacial score (nSPS) is 11.0. The van der Waals surface area contributed by atoms with E-state index < -0.39 is 16.6 Å². The van der Waals surface area contributed by atoms with Crippen molar-refractivity contribution in [2.45, 2.75) is 20.4 Å². The quantitative estimate of drug-likeness (QED) is 0.536. The Bertz CT molecular complexity index is 1140. The standard InChI is InChI=1S/C19H17FN4O4/c1-11(2)10-23-19(26)14-6-4-3-5-13(14)17(22-23)18(25)21-16-9-12(24(27)28)7-8-15(16)20/h3-9,11H,10H2,1-2H3,(H,21,25). The Balaban J connectivity index is 2.09. The van der Waals surface area contributed by atoms with Crippen molar-refractivity contribution >= 4 is 28.1 Å². The molecule has 144 valence electrons. The van der Waals surface area contributed by atoms with E-state index in [0.29, 0.717) is 17.3 Å². The Morgan fingerprint density at radius 3 is 2.57 bits per heavy atom. The van der Waals surface area contributed by atoms with Gasteiger partial charge in [0.25, 0.3) is 17.2 Å². The third-order valence-electron chi connectivity index (χ3n) is 4.03. The first-order valence-electron chi connectivity index (χ1n) is 8.53. The van der Waals surface area contributed by atoms with Crippen LogP contribution in [0, 0.1) is 21.8 Å². The fourth-order valence-electron chi connectivity index (χ4n) is 2.78. The number of anilines is 1. The zero-order valence-electron chi connectivity index (χ0n) is 15.2. The third-order valence-corrected chi connectivity index (χ3v) is 4.03. The predicted octanol–water partition coefficient (Wildman–Crippen LogP) is 3.35. The van der Waals surface area contributed by atoms with Gasteiger partial charge in [-0.1, -0.05) is 32.0 Å². The summed E-state index contributed by atoms with van der Waals surface area (Å²) in [5, 5.41) is 18.0. The van der Waals surface area contributed by atoms with Crippen LogP contribution < -0.4 is 10.9 Å². The second-order valence-electron chi connectivity index (χ2n) is 6.65. The SMILES string of the molecule is CC(C)Cn1nc(C(=O)Nc2cc([N+](=O)[O-])ccc2F)c2ccccc2c1=O. The van der Waals surface area contributed by atoms with Crippen LogP contribution in [0.25, 0.3) is 10.8 Å². The van der Waals surface area contributed by atoms with Crippen molar-refractivity contribution in [3.05, 3.63) is 74.4 Å². The van der Waals surface area contributed by atoms with Crippen LogP contribution in [-0.2, 0) is 6.54 Å². The average Bonchev–Trinajstić information content (AvgIpc) is 2.65. The van der Waals surface area contributed by atoms with Crippen LogP contribution in [0.5, 0.6) is 0 Å². The highest BCUT2D eigenvalue weighted by molar-refractivity contribution is 6.11. The molecule has 0 aliphatic heterocycles.